The van der Waals surface area contributed by atoms with Crippen molar-refractivity contribution < 1.29 is 8.78 Å². The smallest absolute Gasteiger partial charge is 0.274 e. The molecule has 4 nitrogen and oxygen atoms in total. The number of hydrogen-bond donors (Lipinski definition) is 0. The van der Waals surface area contributed by atoms with E-state index in [1.807, 2.05) is 30.3 Å². The number of likely N-dealkylation sites (tertiary alicyclic amines) is 1. The first kappa shape index (κ1) is 24.3. The van der Waals surface area contributed by atoms with Gasteiger partial charge in [0.2, 0.25) is 0 Å². The summed E-state index contributed by atoms with van der Waals surface area (Å²) in [4.78, 5) is 15.9. The molecular weight excluding hydrogens is 456 g/mol. The molecule has 0 aliphatic carbocycles. The van der Waals surface area contributed by atoms with Crippen LogP contribution in [0.2, 0.25) is 0 Å². The number of benzene rings is 3. The number of halogens is 2. The van der Waals surface area contributed by atoms with Gasteiger partial charge in [-0.15, -0.1) is 0 Å². The Labute approximate surface area is 210 Å². The molecule has 0 radical (unpaired) electrons. The van der Waals surface area contributed by atoms with E-state index in [9.17, 15) is 13.6 Å². The molecule has 5 rings (SSSR count). The van der Waals surface area contributed by atoms with Crippen LogP contribution in [0.1, 0.15) is 48.5 Å². The van der Waals surface area contributed by atoms with Crippen LogP contribution in [-0.4, -0.2) is 34.3 Å². The Morgan fingerprint density at radius 1 is 0.833 bits per heavy atom. The van der Waals surface area contributed by atoms with E-state index in [0.717, 1.165) is 73.9 Å². The van der Waals surface area contributed by atoms with Gasteiger partial charge in [0, 0.05) is 18.4 Å². The first-order valence-electron chi connectivity index (χ1n) is 12.8. The zero-order valence-corrected chi connectivity index (χ0v) is 20.4. The summed E-state index contributed by atoms with van der Waals surface area (Å²) in [5.74, 6) is -0.447. The Balaban J connectivity index is 1.31. The molecule has 0 N–H and O–H groups in total. The molecule has 4 aromatic rings. The van der Waals surface area contributed by atoms with Crippen LogP contribution in [0.15, 0.2) is 77.6 Å². The second-order valence-electron chi connectivity index (χ2n) is 9.71. The SMILES string of the molecule is O=c1c2ccccc2c(Cc2ccc(F)cc2)nn1C1CCCN(CCCc2cccc(F)c2)CC1. The minimum Gasteiger partial charge on any atom is -0.303 e. The van der Waals surface area contributed by atoms with Crippen molar-refractivity contribution in [1.82, 2.24) is 14.7 Å². The maximum Gasteiger partial charge on any atom is 0.274 e. The molecule has 1 atom stereocenters. The van der Waals surface area contributed by atoms with E-state index in [4.69, 9.17) is 5.10 Å². The first-order valence-corrected chi connectivity index (χ1v) is 12.8. The van der Waals surface area contributed by atoms with Crippen molar-refractivity contribution in [1.29, 1.82) is 0 Å². The second kappa shape index (κ2) is 11.1. The normalized spacial score (nSPS) is 16.8. The van der Waals surface area contributed by atoms with E-state index >= 15 is 0 Å². The lowest BCUT2D eigenvalue weighted by Gasteiger charge is -2.21. The Hall–Kier alpha value is -3.38. The zero-order valence-electron chi connectivity index (χ0n) is 20.4. The Bertz CT molecular complexity index is 1380. The molecule has 1 saturated heterocycles. The van der Waals surface area contributed by atoms with Gasteiger partial charge in [-0.3, -0.25) is 4.79 Å². The summed E-state index contributed by atoms with van der Waals surface area (Å²) in [7, 11) is 0. The van der Waals surface area contributed by atoms with Crippen molar-refractivity contribution in [2.45, 2.75) is 44.6 Å². The predicted octanol–water partition coefficient (Wildman–Crippen LogP) is 5.93. The molecule has 0 bridgehead atoms. The maximum atomic E-state index is 13.4. The fraction of sp³-hybridized carbons (Fsp3) is 0.333. The van der Waals surface area contributed by atoms with Gasteiger partial charge in [-0.1, -0.05) is 42.5 Å². The topological polar surface area (TPSA) is 38.1 Å². The summed E-state index contributed by atoms with van der Waals surface area (Å²) in [6, 6.07) is 21.0. The fourth-order valence-corrected chi connectivity index (χ4v) is 5.25. The quantitative estimate of drug-likeness (QED) is 0.325. The average Bonchev–Trinajstić information content (AvgIpc) is 3.13. The average molecular weight is 488 g/mol. The number of hydrogen-bond acceptors (Lipinski definition) is 3. The van der Waals surface area contributed by atoms with Gasteiger partial charge in [-0.05, 0) is 86.7 Å². The third-order valence-electron chi connectivity index (χ3n) is 7.15. The Morgan fingerprint density at radius 3 is 2.44 bits per heavy atom. The Kier molecular flexibility index (Phi) is 7.52. The van der Waals surface area contributed by atoms with Crippen LogP contribution < -0.4 is 5.56 Å². The molecule has 1 aliphatic rings. The van der Waals surface area contributed by atoms with Crippen LogP contribution in [-0.2, 0) is 12.8 Å². The summed E-state index contributed by atoms with van der Waals surface area (Å²) in [6.45, 7) is 2.85. The molecule has 2 heterocycles. The van der Waals surface area contributed by atoms with E-state index in [1.165, 1.54) is 18.2 Å². The molecule has 3 aromatic carbocycles. The van der Waals surface area contributed by atoms with Crippen molar-refractivity contribution in [2.75, 3.05) is 19.6 Å². The largest absolute Gasteiger partial charge is 0.303 e. The highest BCUT2D eigenvalue weighted by Gasteiger charge is 2.22. The molecule has 0 amide bonds. The molecule has 6 heteroatoms. The summed E-state index contributed by atoms with van der Waals surface area (Å²) in [6.07, 6.45) is 5.14. The first-order chi connectivity index (χ1) is 17.6. The molecule has 0 saturated carbocycles. The van der Waals surface area contributed by atoms with Gasteiger partial charge in [-0.2, -0.15) is 5.10 Å². The van der Waals surface area contributed by atoms with E-state index < -0.39 is 0 Å². The van der Waals surface area contributed by atoms with Gasteiger partial charge in [0.1, 0.15) is 11.6 Å². The molecule has 186 valence electrons. The third-order valence-corrected chi connectivity index (χ3v) is 7.15. The predicted molar refractivity (Wildman–Crippen MR) is 139 cm³/mol. The minimum atomic E-state index is -0.263. The second-order valence-corrected chi connectivity index (χ2v) is 9.71. The highest BCUT2D eigenvalue weighted by atomic mass is 19.1. The van der Waals surface area contributed by atoms with Crippen molar-refractivity contribution in [3.8, 4) is 0 Å². The number of nitrogens with zero attached hydrogens (tertiary/aromatic N) is 3. The van der Waals surface area contributed by atoms with Crippen LogP contribution in [0.3, 0.4) is 0 Å². The fourth-order valence-electron chi connectivity index (χ4n) is 5.25. The van der Waals surface area contributed by atoms with Crippen LogP contribution in [0.25, 0.3) is 10.8 Å². The Morgan fingerprint density at radius 2 is 1.64 bits per heavy atom. The van der Waals surface area contributed by atoms with Gasteiger partial charge in [0.25, 0.3) is 5.56 Å². The zero-order chi connectivity index (χ0) is 24.9. The van der Waals surface area contributed by atoms with Crippen molar-refractivity contribution in [3.63, 3.8) is 0 Å². The summed E-state index contributed by atoms with van der Waals surface area (Å²) < 4.78 is 28.6. The highest BCUT2D eigenvalue weighted by Crippen LogP contribution is 2.24. The monoisotopic (exact) mass is 487 g/mol. The van der Waals surface area contributed by atoms with Gasteiger partial charge in [0.05, 0.1) is 17.1 Å². The molecule has 0 spiro atoms. The van der Waals surface area contributed by atoms with Crippen LogP contribution in [0, 0.1) is 11.6 Å². The van der Waals surface area contributed by atoms with Crippen molar-refractivity contribution >= 4 is 10.8 Å². The van der Waals surface area contributed by atoms with Crippen molar-refractivity contribution in [3.05, 3.63) is 112 Å². The minimum absolute atomic E-state index is 0.0435. The van der Waals surface area contributed by atoms with Crippen LogP contribution in [0.4, 0.5) is 8.78 Å². The molecular formula is C30H31F2N3O. The maximum absolute atomic E-state index is 13.4. The highest BCUT2D eigenvalue weighted by molar-refractivity contribution is 5.83. The molecule has 1 fully saturated rings. The lowest BCUT2D eigenvalue weighted by atomic mass is 10.0. The number of rotatable bonds is 7. The van der Waals surface area contributed by atoms with E-state index in [0.29, 0.717) is 11.8 Å². The summed E-state index contributed by atoms with van der Waals surface area (Å²) >= 11 is 0. The van der Waals surface area contributed by atoms with E-state index in [1.54, 1.807) is 28.9 Å². The van der Waals surface area contributed by atoms with Gasteiger partial charge < -0.3 is 4.90 Å². The molecule has 36 heavy (non-hydrogen) atoms. The van der Waals surface area contributed by atoms with Crippen molar-refractivity contribution in [2.24, 2.45) is 0 Å². The summed E-state index contributed by atoms with van der Waals surface area (Å²) in [5, 5.41) is 6.41. The molecule has 1 aromatic heterocycles. The molecule has 1 aliphatic heterocycles. The molecule has 1 unspecified atom stereocenters. The lowest BCUT2D eigenvalue weighted by molar-refractivity contribution is 0.275. The van der Waals surface area contributed by atoms with Gasteiger partial charge >= 0.3 is 0 Å². The van der Waals surface area contributed by atoms with Gasteiger partial charge in [0.15, 0.2) is 0 Å². The third kappa shape index (κ3) is 5.71. The number of aryl methyl sites for hydroxylation is 1. The number of fused-ring (bicyclic) bond motifs is 1. The van der Waals surface area contributed by atoms with Gasteiger partial charge in [-0.25, -0.2) is 13.5 Å². The van der Waals surface area contributed by atoms with Crippen LogP contribution >= 0.6 is 0 Å². The van der Waals surface area contributed by atoms with E-state index in [2.05, 4.69) is 4.90 Å². The summed E-state index contributed by atoms with van der Waals surface area (Å²) in [5.41, 5.74) is 2.79. The standard InChI is InChI=1S/C30H31F2N3O/c31-24-14-12-23(13-15-24)21-29-27-10-1-2-11-28(27)30(36)35(33-29)26-9-5-18-34(19-16-26)17-4-7-22-6-3-8-25(32)20-22/h1-3,6,8,10-15,20,26H,4-5,7,9,16-19,21H2. The number of aromatic nitrogens is 2. The van der Waals surface area contributed by atoms with E-state index in [-0.39, 0.29) is 23.2 Å². The lowest BCUT2D eigenvalue weighted by Crippen LogP contribution is -2.30. The van der Waals surface area contributed by atoms with Crippen LogP contribution in [0.5, 0.6) is 0 Å².